The van der Waals surface area contributed by atoms with Crippen LogP contribution < -0.4 is 5.56 Å². The zero-order valence-electron chi connectivity index (χ0n) is 13.6. The van der Waals surface area contributed by atoms with Gasteiger partial charge in [-0.05, 0) is 17.7 Å². The molecule has 0 atom stereocenters. The quantitative estimate of drug-likeness (QED) is 0.719. The van der Waals surface area contributed by atoms with Gasteiger partial charge in [0.05, 0.1) is 12.0 Å². The fraction of sp³-hybridized carbons (Fsp3) is 0.222. The fourth-order valence-corrected chi connectivity index (χ4v) is 2.57. The Hall–Kier alpha value is -3.06. The van der Waals surface area contributed by atoms with Crippen molar-refractivity contribution in [2.45, 2.75) is 13.1 Å². The van der Waals surface area contributed by atoms with Crippen molar-refractivity contribution in [2.75, 3.05) is 13.2 Å². The summed E-state index contributed by atoms with van der Waals surface area (Å²) in [5.41, 5.74) is 1.08. The summed E-state index contributed by atoms with van der Waals surface area (Å²) in [4.78, 5) is 26.5. The molecule has 0 spiro atoms. The molecule has 2 aromatic carbocycles. The van der Waals surface area contributed by atoms with E-state index in [9.17, 15) is 14.7 Å². The fourth-order valence-electron chi connectivity index (χ4n) is 2.57. The van der Waals surface area contributed by atoms with Crippen LogP contribution in [0.25, 0.3) is 10.9 Å². The first-order valence-corrected chi connectivity index (χ1v) is 7.94. The molecule has 0 radical (unpaired) electrons. The van der Waals surface area contributed by atoms with Gasteiger partial charge in [0.1, 0.15) is 12.1 Å². The predicted molar refractivity (Wildman–Crippen MR) is 92.7 cm³/mol. The van der Waals surface area contributed by atoms with Crippen LogP contribution in [0.1, 0.15) is 5.56 Å². The number of hydrogen-bond acceptors (Lipinski definition) is 5. The molecule has 25 heavy (non-hydrogen) atoms. The second-order valence-electron chi connectivity index (χ2n) is 5.59. The first-order chi connectivity index (χ1) is 12.2. The van der Waals surface area contributed by atoms with Crippen LogP contribution in [0.4, 0.5) is 0 Å². The Bertz CT molecular complexity index is 924. The van der Waals surface area contributed by atoms with E-state index in [2.05, 4.69) is 10.3 Å². The topological polar surface area (TPSA) is 88.3 Å². The highest BCUT2D eigenvalue weighted by molar-refractivity contribution is 5.78. The largest absolute Gasteiger partial charge is 0.395 e. The van der Waals surface area contributed by atoms with E-state index in [-0.39, 0.29) is 31.2 Å². The number of carbonyl (C=O) groups is 1. The molecule has 3 rings (SSSR count). The number of amides is 1. The minimum absolute atomic E-state index is 0.156. The molecule has 0 saturated carbocycles. The van der Waals surface area contributed by atoms with Crippen LogP contribution >= 0.6 is 0 Å². The van der Waals surface area contributed by atoms with Crippen LogP contribution in [-0.4, -0.2) is 44.1 Å². The molecular weight excluding hydrogens is 320 g/mol. The normalized spacial score (nSPS) is 10.8. The smallest absolute Gasteiger partial charge is 0.278 e. The summed E-state index contributed by atoms with van der Waals surface area (Å²) in [7, 11) is 0. The van der Waals surface area contributed by atoms with Gasteiger partial charge < -0.3 is 10.0 Å². The number of fused-ring (bicyclic) bond motifs is 1. The summed E-state index contributed by atoms with van der Waals surface area (Å²) in [6.07, 6.45) is 0. The molecule has 1 heterocycles. The van der Waals surface area contributed by atoms with Crippen LogP contribution in [0.5, 0.6) is 0 Å². The number of aliphatic hydroxyl groups excluding tert-OH is 1. The van der Waals surface area contributed by atoms with Crippen molar-refractivity contribution in [3.8, 4) is 0 Å². The number of aliphatic hydroxyl groups is 1. The maximum Gasteiger partial charge on any atom is 0.278 e. The molecule has 1 aromatic heterocycles. The standard InChI is InChI=1S/C18H18N4O3/c23-11-10-21(12-14-6-2-1-3-7-14)17(24)13-22-18(25)15-8-4-5-9-16(15)19-20-22/h1-9,23H,10-13H2. The van der Waals surface area contributed by atoms with Gasteiger partial charge in [-0.25, -0.2) is 4.68 Å². The Kier molecular flexibility index (Phi) is 5.15. The third-order valence-corrected chi connectivity index (χ3v) is 3.85. The summed E-state index contributed by atoms with van der Waals surface area (Å²) < 4.78 is 1.06. The van der Waals surface area contributed by atoms with Gasteiger partial charge in [0, 0.05) is 13.1 Å². The second-order valence-corrected chi connectivity index (χ2v) is 5.59. The third-order valence-electron chi connectivity index (χ3n) is 3.85. The number of carbonyl (C=O) groups excluding carboxylic acids is 1. The van der Waals surface area contributed by atoms with Crippen molar-refractivity contribution in [3.05, 3.63) is 70.5 Å². The molecule has 0 aliphatic rings. The molecule has 0 bridgehead atoms. The van der Waals surface area contributed by atoms with Crippen molar-refractivity contribution in [1.82, 2.24) is 19.9 Å². The predicted octanol–water partition coefficient (Wildman–Crippen LogP) is 0.813. The van der Waals surface area contributed by atoms with Crippen molar-refractivity contribution in [2.24, 2.45) is 0 Å². The number of nitrogens with zero attached hydrogens (tertiary/aromatic N) is 4. The minimum Gasteiger partial charge on any atom is -0.395 e. The molecular formula is C18H18N4O3. The van der Waals surface area contributed by atoms with Crippen LogP contribution in [0.2, 0.25) is 0 Å². The maximum absolute atomic E-state index is 12.6. The minimum atomic E-state index is -0.359. The van der Waals surface area contributed by atoms with Crippen LogP contribution in [0, 0.1) is 0 Å². The van der Waals surface area contributed by atoms with Gasteiger partial charge in [-0.15, -0.1) is 5.10 Å². The lowest BCUT2D eigenvalue weighted by Gasteiger charge is -2.22. The number of aromatic nitrogens is 3. The Labute approximate surface area is 144 Å². The molecule has 0 fully saturated rings. The first-order valence-electron chi connectivity index (χ1n) is 7.94. The lowest BCUT2D eigenvalue weighted by molar-refractivity contribution is -0.133. The zero-order valence-corrected chi connectivity index (χ0v) is 13.6. The van der Waals surface area contributed by atoms with Gasteiger partial charge in [0.15, 0.2) is 0 Å². The highest BCUT2D eigenvalue weighted by Gasteiger charge is 2.16. The monoisotopic (exact) mass is 338 g/mol. The lowest BCUT2D eigenvalue weighted by Crippen LogP contribution is -2.38. The second kappa shape index (κ2) is 7.67. The summed E-state index contributed by atoms with van der Waals surface area (Å²) in [6, 6.07) is 16.3. The molecule has 0 saturated heterocycles. The summed E-state index contributed by atoms with van der Waals surface area (Å²) in [5.74, 6) is -0.301. The van der Waals surface area contributed by atoms with E-state index in [1.807, 2.05) is 30.3 Å². The number of rotatable bonds is 6. The highest BCUT2D eigenvalue weighted by Crippen LogP contribution is 2.06. The molecule has 3 aromatic rings. The Morgan fingerprint density at radius 3 is 2.56 bits per heavy atom. The van der Waals surface area contributed by atoms with E-state index in [1.54, 1.807) is 24.3 Å². The Morgan fingerprint density at radius 2 is 1.80 bits per heavy atom. The molecule has 1 N–H and O–H groups in total. The molecule has 0 unspecified atom stereocenters. The van der Waals surface area contributed by atoms with Crippen LogP contribution in [0.15, 0.2) is 59.4 Å². The van der Waals surface area contributed by atoms with E-state index in [0.717, 1.165) is 10.2 Å². The van der Waals surface area contributed by atoms with Gasteiger partial charge in [-0.2, -0.15) is 0 Å². The van der Waals surface area contributed by atoms with Gasteiger partial charge in [0.2, 0.25) is 5.91 Å². The number of hydrogen-bond donors (Lipinski definition) is 1. The SMILES string of the molecule is O=C(Cn1nnc2ccccc2c1=O)N(CCO)Cc1ccccc1. The van der Waals surface area contributed by atoms with Crippen molar-refractivity contribution >= 4 is 16.8 Å². The maximum atomic E-state index is 12.6. The molecule has 7 nitrogen and oxygen atoms in total. The third kappa shape index (κ3) is 3.89. The zero-order chi connectivity index (χ0) is 17.6. The average Bonchev–Trinajstić information content (AvgIpc) is 2.65. The van der Waals surface area contributed by atoms with Gasteiger partial charge >= 0.3 is 0 Å². The highest BCUT2D eigenvalue weighted by atomic mass is 16.3. The van der Waals surface area contributed by atoms with Crippen molar-refractivity contribution in [1.29, 1.82) is 0 Å². The molecule has 0 aliphatic carbocycles. The van der Waals surface area contributed by atoms with E-state index in [0.29, 0.717) is 17.4 Å². The van der Waals surface area contributed by atoms with Gasteiger partial charge in [0.25, 0.3) is 5.56 Å². The van der Waals surface area contributed by atoms with Crippen molar-refractivity contribution < 1.29 is 9.90 Å². The molecule has 7 heteroatoms. The number of benzene rings is 2. The van der Waals surface area contributed by atoms with E-state index < -0.39 is 0 Å². The van der Waals surface area contributed by atoms with E-state index >= 15 is 0 Å². The first kappa shape index (κ1) is 16.8. The average molecular weight is 338 g/mol. The molecule has 128 valence electrons. The summed E-state index contributed by atoms with van der Waals surface area (Å²) >= 11 is 0. The Balaban J connectivity index is 1.81. The van der Waals surface area contributed by atoms with Gasteiger partial charge in [-0.1, -0.05) is 47.7 Å². The Morgan fingerprint density at radius 1 is 1.08 bits per heavy atom. The molecule has 1 amide bonds. The van der Waals surface area contributed by atoms with E-state index in [4.69, 9.17) is 0 Å². The van der Waals surface area contributed by atoms with Crippen LogP contribution in [0.3, 0.4) is 0 Å². The summed E-state index contributed by atoms with van der Waals surface area (Å²) in [6.45, 7) is 0.167. The van der Waals surface area contributed by atoms with Crippen LogP contribution in [-0.2, 0) is 17.9 Å². The van der Waals surface area contributed by atoms with E-state index in [1.165, 1.54) is 4.90 Å². The summed E-state index contributed by atoms with van der Waals surface area (Å²) in [5, 5.41) is 17.5. The molecule has 0 aliphatic heterocycles. The lowest BCUT2D eigenvalue weighted by atomic mass is 10.2. The van der Waals surface area contributed by atoms with Crippen molar-refractivity contribution in [3.63, 3.8) is 0 Å². The van der Waals surface area contributed by atoms with Gasteiger partial charge in [-0.3, -0.25) is 9.59 Å².